The number of nitrogens with one attached hydrogen (secondary N) is 2. The maximum atomic E-state index is 12.5. The van der Waals surface area contributed by atoms with Crippen molar-refractivity contribution in [2.24, 2.45) is 18.4 Å². The number of aliphatic hydroxyl groups excluding tert-OH is 3. The van der Waals surface area contributed by atoms with E-state index >= 15 is 0 Å². The average Bonchev–Trinajstić information content (AvgIpc) is 3.89. The van der Waals surface area contributed by atoms with E-state index in [9.17, 15) is 9.90 Å². The molecule has 0 radical (unpaired) electrons. The minimum absolute atomic E-state index is 0.0524. The van der Waals surface area contributed by atoms with Crippen LogP contribution in [-0.4, -0.2) is 104 Å². The molecule has 366 valence electrons. The third-order valence-corrected chi connectivity index (χ3v) is 27.3. The molecule has 5 N–H and O–H groups in total. The predicted octanol–water partition coefficient (Wildman–Crippen LogP) is 10.2. The Kier molecular flexibility index (Phi) is 22.4. The SMILES string of the molecule is CC(C)(C)[Si](C)(C)O[C@@H]1C=C[C@H](O)C1.CC(C)(C)[Si](C)(C)O[C@@H]1C=C[C@H](O[Si](C)(C)C(C)(C)C)C1.CC(C)[C@H](NCc1nccn1C)C(=O)N[C@H](C)C(C)(C)C.O[C@@H]1C=C[C@H](O)C1. The predicted molar refractivity (Wildman–Crippen MR) is 271 cm³/mol. The molecule has 0 aromatic carbocycles. The van der Waals surface area contributed by atoms with Crippen LogP contribution in [0.4, 0.5) is 0 Å². The van der Waals surface area contributed by atoms with Crippen LogP contribution >= 0.6 is 0 Å². The maximum absolute atomic E-state index is 12.5. The van der Waals surface area contributed by atoms with Crippen molar-refractivity contribution in [3.8, 4) is 0 Å². The van der Waals surface area contributed by atoms with Crippen molar-refractivity contribution in [3.05, 3.63) is 54.7 Å². The van der Waals surface area contributed by atoms with E-state index in [4.69, 9.17) is 23.5 Å². The standard InChI is InChI=1S/C17H36O2Si2.C16H30N4O.C11H22O2Si.C5H8O2/c1-16(2,3)20(7,8)18-14-11-12-15(13-14)19-21(9,10)17(4,5)6;1-11(2)14(15(21)19-12(3)16(4,5)6)18-10-13-17-8-9-20(13)7;1-11(2,3)14(4,5)13-10-7-6-9(12)8-10;6-4-1-2-5(7)3-4/h11-12,14-15H,13H2,1-10H3;8-9,11-12,14,18H,10H2,1-7H3,(H,19,21);6-7,9-10,12H,8H2,1-5H3;1-2,4-7H,3H2/t14-,15+;12-,14+;9-,10+;4-,5+/m.10./s1. The van der Waals surface area contributed by atoms with Gasteiger partial charge in [0.15, 0.2) is 25.0 Å². The van der Waals surface area contributed by atoms with Crippen LogP contribution in [0.5, 0.6) is 0 Å². The molecule has 11 nitrogen and oxygen atoms in total. The zero-order valence-corrected chi connectivity index (χ0v) is 47.0. The molecule has 3 aliphatic rings. The Balaban J connectivity index is 0.000000444. The Labute approximate surface area is 388 Å². The quantitative estimate of drug-likeness (QED) is 0.102. The van der Waals surface area contributed by atoms with Crippen LogP contribution in [-0.2, 0) is 31.7 Å². The molecule has 0 saturated carbocycles. The number of rotatable bonds is 12. The van der Waals surface area contributed by atoms with Gasteiger partial charge in [0.05, 0.1) is 49.2 Å². The number of aryl methyl sites for hydroxylation is 1. The number of carbonyl (C=O) groups is 1. The minimum atomic E-state index is -1.69. The molecule has 0 unspecified atom stereocenters. The van der Waals surface area contributed by atoms with Crippen molar-refractivity contribution in [2.45, 2.75) is 233 Å². The number of carbonyl (C=O) groups excluding carboxylic acids is 1. The van der Waals surface area contributed by atoms with Gasteiger partial charge >= 0.3 is 0 Å². The molecule has 0 fully saturated rings. The van der Waals surface area contributed by atoms with E-state index in [1.165, 1.54) is 0 Å². The van der Waals surface area contributed by atoms with Gasteiger partial charge in [-0.1, -0.05) is 133 Å². The molecule has 0 aliphatic heterocycles. The highest BCUT2D eigenvalue weighted by Crippen LogP contribution is 2.41. The van der Waals surface area contributed by atoms with Gasteiger partial charge in [-0.3, -0.25) is 10.1 Å². The molecule has 1 aromatic heterocycles. The molecule has 0 saturated heterocycles. The minimum Gasteiger partial charge on any atom is -0.410 e. The van der Waals surface area contributed by atoms with Crippen molar-refractivity contribution < 1.29 is 33.4 Å². The Morgan fingerprint density at radius 2 is 1.03 bits per heavy atom. The van der Waals surface area contributed by atoms with E-state index in [1.54, 1.807) is 18.3 Å². The third kappa shape index (κ3) is 20.4. The Hall–Kier alpha value is -1.73. The molecule has 3 aliphatic carbocycles. The molecule has 0 bridgehead atoms. The normalized spacial score (nSPS) is 24.0. The van der Waals surface area contributed by atoms with Crippen molar-refractivity contribution in [1.82, 2.24) is 20.2 Å². The lowest BCUT2D eigenvalue weighted by molar-refractivity contribution is -0.125. The fraction of sp³-hybridized carbons (Fsp3) is 0.796. The summed E-state index contributed by atoms with van der Waals surface area (Å²) in [5.74, 6) is 1.20. The molecule has 0 spiro atoms. The number of aliphatic hydroxyl groups is 3. The van der Waals surface area contributed by atoms with Crippen molar-refractivity contribution in [2.75, 3.05) is 0 Å². The van der Waals surface area contributed by atoms with Gasteiger partial charge in [-0.25, -0.2) is 4.98 Å². The summed E-state index contributed by atoms with van der Waals surface area (Å²) in [7, 11) is -3.09. The zero-order chi connectivity index (χ0) is 49.2. The second-order valence-electron chi connectivity index (χ2n) is 24.0. The lowest BCUT2D eigenvalue weighted by Gasteiger charge is -2.39. The third-order valence-electron chi connectivity index (χ3n) is 13.8. The van der Waals surface area contributed by atoms with E-state index in [0.29, 0.717) is 13.0 Å². The number of hydrogen-bond acceptors (Lipinski definition) is 9. The fourth-order valence-corrected chi connectivity index (χ4v) is 9.64. The second kappa shape index (κ2) is 23.8. The molecule has 8 atom stereocenters. The largest absolute Gasteiger partial charge is 0.410 e. The number of aromatic nitrogens is 2. The smallest absolute Gasteiger partial charge is 0.237 e. The molecule has 63 heavy (non-hydrogen) atoms. The fourth-order valence-electron chi connectivity index (χ4n) is 5.79. The van der Waals surface area contributed by atoms with Gasteiger partial charge in [0.2, 0.25) is 5.91 Å². The molecular formula is C49H96N4O7Si3. The summed E-state index contributed by atoms with van der Waals surface area (Å²) in [5, 5.41) is 33.9. The molecule has 1 amide bonds. The Morgan fingerprint density at radius 1 is 0.667 bits per heavy atom. The van der Waals surface area contributed by atoms with Crippen LogP contribution in [0, 0.1) is 11.3 Å². The van der Waals surface area contributed by atoms with Crippen LogP contribution in [0.1, 0.15) is 129 Å². The first kappa shape index (κ1) is 59.3. The second-order valence-corrected chi connectivity index (χ2v) is 38.2. The summed E-state index contributed by atoms with van der Waals surface area (Å²) in [4.78, 5) is 16.8. The van der Waals surface area contributed by atoms with Crippen LogP contribution in [0.15, 0.2) is 48.8 Å². The number of nitrogens with zero attached hydrogens (tertiary/aromatic N) is 2. The van der Waals surface area contributed by atoms with Gasteiger partial charge in [-0.2, -0.15) is 0 Å². The van der Waals surface area contributed by atoms with Gasteiger partial charge in [0.1, 0.15) is 5.82 Å². The van der Waals surface area contributed by atoms with Crippen LogP contribution in [0.3, 0.4) is 0 Å². The number of amides is 1. The van der Waals surface area contributed by atoms with E-state index < -0.39 is 37.2 Å². The highest BCUT2D eigenvalue weighted by Gasteiger charge is 2.43. The van der Waals surface area contributed by atoms with Crippen LogP contribution < -0.4 is 10.6 Å². The monoisotopic (exact) mass is 937 g/mol. The molecule has 1 aromatic rings. The zero-order valence-electron chi connectivity index (χ0n) is 44.0. The molecule has 14 heteroatoms. The first-order valence-corrected chi connectivity index (χ1v) is 32.1. The summed E-state index contributed by atoms with van der Waals surface area (Å²) in [6, 6.07) is -0.0901. The number of imidazole rings is 1. The molecule has 4 rings (SSSR count). The van der Waals surface area contributed by atoms with Gasteiger partial charge in [0, 0.05) is 44.7 Å². The summed E-state index contributed by atoms with van der Waals surface area (Å²) < 4.78 is 21.0. The van der Waals surface area contributed by atoms with Crippen molar-refractivity contribution in [3.63, 3.8) is 0 Å². The van der Waals surface area contributed by atoms with Crippen molar-refractivity contribution in [1.29, 1.82) is 0 Å². The average molecular weight is 938 g/mol. The van der Waals surface area contributed by atoms with Gasteiger partial charge < -0.3 is 38.5 Å². The van der Waals surface area contributed by atoms with E-state index in [1.807, 2.05) is 36.9 Å². The van der Waals surface area contributed by atoms with Gasteiger partial charge in [0.25, 0.3) is 0 Å². The van der Waals surface area contributed by atoms with E-state index in [0.717, 1.165) is 18.7 Å². The highest BCUT2D eigenvalue weighted by molar-refractivity contribution is 6.75. The van der Waals surface area contributed by atoms with Crippen LogP contribution in [0.2, 0.25) is 54.4 Å². The van der Waals surface area contributed by atoms with Gasteiger partial charge in [-0.05, 0) is 72.7 Å². The first-order valence-electron chi connectivity index (χ1n) is 23.4. The lowest BCUT2D eigenvalue weighted by atomic mass is 9.87. The topological polar surface area (TPSA) is 147 Å². The lowest BCUT2D eigenvalue weighted by Crippen LogP contribution is -2.52. The Morgan fingerprint density at radius 3 is 1.32 bits per heavy atom. The first-order chi connectivity index (χ1) is 28.3. The van der Waals surface area contributed by atoms with E-state index in [2.05, 4.69) is 164 Å². The molecule has 1 heterocycles. The number of hydrogen-bond donors (Lipinski definition) is 5. The van der Waals surface area contributed by atoms with Crippen molar-refractivity contribution >= 4 is 30.9 Å². The summed E-state index contributed by atoms with van der Waals surface area (Å²) >= 11 is 0. The molecular weight excluding hydrogens is 841 g/mol. The summed E-state index contributed by atoms with van der Waals surface area (Å²) in [6.45, 7) is 47.4. The van der Waals surface area contributed by atoms with Crippen LogP contribution in [0.25, 0.3) is 0 Å². The van der Waals surface area contributed by atoms with E-state index in [-0.39, 0.29) is 68.9 Å². The highest BCUT2D eigenvalue weighted by atomic mass is 28.4. The Bertz CT molecular complexity index is 1570. The maximum Gasteiger partial charge on any atom is 0.237 e. The summed E-state index contributed by atoms with van der Waals surface area (Å²) in [6.07, 6.45) is 16.8. The summed E-state index contributed by atoms with van der Waals surface area (Å²) in [5.41, 5.74) is 0.0524. The van der Waals surface area contributed by atoms with Gasteiger partial charge in [-0.15, -0.1) is 0 Å².